The Morgan fingerprint density at radius 1 is 1.09 bits per heavy atom. The third-order valence-electron chi connectivity index (χ3n) is 7.30. The summed E-state index contributed by atoms with van der Waals surface area (Å²) in [5.41, 5.74) is 3.48. The lowest BCUT2D eigenvalue weighted by molar-refractivity contribution is -0.0124. The summed E-state index contributed by atoms with van der Waals surface area (Å²) in [7, 11) is 0. The van der Waals surface area contributed by atoms with Gasteiger partial charge in [0.1, 0.15) is 0 Å². The minimum Gasteiger partial charge on any atom is -0.438 e. The second-order valence-corrected chi connectivity index (χ2v) is 10.5. The molecule has 174 valence electrons. The summed E-state index contributed by atoms with van der Waals surface area (Å²) in [4.78, 5) is 40.2. The number of hydrogen-bond donors (Lipinski definition) is 0. The van der Waals surface area contributed by atoms with E-state index in [1.807, 2.05) is 37.1 Å². The van der Waals surface area contributed by atoms with Gasteiger partial charge in [0.05, 0.1) is 35.0 Å². The minimum atomic E-state index is -0.540. The van der Waals surface area contributed by atoms with Crippen molar-refractivity contribution in [2.75, 3.05) is 36.0 Å². The Hall–Kier alpha value is -3.39. The van der Waals surface area contributed by atoms with Gasteiger partial charge in [-0.1, -0.05) is 11.6 Å². The summed E-state index contributed by atoms with van der Waals surface area (Å²) >= 11 is 6.22. The van der Waals surface area contributed by atoms with Gasteiger partial charge in [0.15, 0.2) is 6.39 Å². The third kappa shape index (κ3) is 2.98. The number of benzene rings is 1. The summed E-state index contributed by atoms with van der Waals surface area (Å²) in [5.74, 6) is 0.173. The smallest absolute Gasteiger partial charge is 0.291 e. The van der Waals surface area contributed by atoms with Crippen LogP contribution in [0.1, 0.15) is 46.0 Å². The fraction of sp³-hybridized carbons (Fsp3) is 0.360. The van der Waals surface area contributed by atoms with Crippen molar-refractivity contribution < 1.29 is 14.0 Å². The molecule has 1 spiro atoms. The quantitative estimate of drug-likeness (QED) is 0.569. The van der Waals surface area contributed by atoms with Crippen LogP contribution >= 0.6 is 11.6 Å². The van der Waals surface area contributed by atoms with E-state index in [1.54, 1.807) is 30.2 Å². The van der Waals surface area contributed by atoms with Crippen molar-refractivity contribution in [3.63, 3.8) is 0 Å². The lowest BCUT2D eigenvalue weighted by Gasteiger charge is -2.60. The number of halogens is 1. The van der Waals surface area contributed by atoms with Crippen LogP contribution in [0.4, 0.5) is 11.4 Å². The van der Waals surface area contributed by atoms with Crippen LogP contribution in [0.5, 0.6) is 0 Å². The molecule has 5 heterocycles. The molecule has 2 saturated heterocycles. The van der Waals surface area contributed by atoms with Crippen LogP contribution in [0, 0.1) is 12.3 Å². The van der Waals surface area contributed by atoms with E-state index < -0.39 is 5.54 Å². The van der Waals surface area contributed by atoms with Crippen LogP contribution in [0.25, 0.3) is 0 Å². The van der Waals surface area contributed by atoms with Crippen molar-refractivity contribution in [3.8, 4) is 0 Å². The predicted molar refractivity (Wildman–Crippen MR) is 127 cm³/mol. The van der Waals surface area contributed by atoms with E-state index in [2.05, 4.69) is 14.9 Å². The number of rotatable bonds is 3. The fourth-order valence-electron chi connectivity index (χ4n) is 5.56. The van der Waals surface area contributed by atoms with Gasteiger partial charge in [-0.05, 0) is 50.6 Å². The highest BCUT2D eigenvalue weighted by Gasteiger charge is 2.54. The van der Waals surface area contributed by atoms with Gasteiger partial charge in [0.2, 0.25) is 5.76 Å². The van der Waals surface area contributed by atoms with Crippen molar-refractivity contribution in [1.29, 1.82) is 0 Å². The molecule has 0 atom stereocenters. The maximum atomic E-state index is 13.3. The third-order valence-corrected chi connectivity index (χ3v) is 7.53. The molecule has 2 fully saturated rings. The Bertz CT molecular complexity index is 1340. The van der Waals surface area contributed by atoms with E-state index in [9.17, 15) is 9.59 Å². The van der Waals surface area contributed by atoms with E-state index >= 15 is 0 Å². The number of nitrogens with zero attached hydrogens (tertiary/aromatic N) is 5. The SMILES string of the molecule is Cc1ncoc1C(=O)N1CC2(C1)CN(c1cncc(N3C(=O)c4ccc(Cl)cc4C3(C)C)c1)C2. The zero-order chi connectivity index (χ0) is 23.8. The summed E-state index contributed by atoms with van der Waals surface area (Å²) in [6.45, 7) is 8.89. The van der Waals surface area contributed by atoms with Gasteiger partial charge in [-0.3, -0.25) is 19.5 Å². The van der Waals surface area contributed by atoms with Gasteiger partial charge in [0.25, 0.3) is 11.8 Å². The number of likely N-dealkylation sites (tertiary alicyclic amines) is 1. The molecule has 2 amide bonds. The van der Waals surface area contributed by atoms with Crippen molar-refractivity contribution in [2.24, 2.45) is 5.41 Å². The van der Waals surface area contributed by atoms with Crippen LogP contribution in [-0.2, 0) is 5.54 Å². The van der Waals surface area contributed by atoms with Gasteiger partial charge >= 0.3 is 0 Å². The molecule has 6 rings (SSSR count). The number of carbonyl (C=O) groups is 2. The Balaban J connectivity index is 1.17. The number of pyridine rings is 1. The molecule has 3 aromatic rings. The minimum absolute atomic E-state index is 0.0495. The lowest BCUT2D eigenvalue weighted by atomic mass is 9.72. The second-order valence-electron chi connectivity index (χ2n) is 10.1. The van der Waals surface area contributed by atoms with Gasteiger partial charge in [-0.25, -0.2) is 4.98 Å². The Morgan fingerprint density at radius 3 is 2.53 bits per heavy atom. The topological polar surface area (TPSA) is 82.8 Å². The van der Waals surface area contributed by atoms with Gasteiger partial charge in [-0.15, -0.1) is 0 Å². The van der Waals surface area contributed by atoms with E-state index in [-0.39, 0.29) is 17.2 Å². The molecule has 2 aromatic heterocycles. The summed E-state index contributed by atoms with van der Waals surface area (Å²) in [6, 6.07) is 7.44. The number of fused-ring (bicyclic) bond motifs is 1. The second kappa shape index (κ2) is 7.06. The average Bonchev–Trinajstić information content (AvgIpc) is 3.25. The lowest BCUT2D eigenvalue weighted by Crippen LogP contribution is -2.73. The van der Waals surface area contributed by atoms with E-state index in [1.165, 1.54) is 6.39 Å². The van der Waals surface area contributed by atoms with Gasteiger partial charge in [0, 0.05) is 42.2 Å². The molecule has 0 aliphatic carbocycles. The van der Waals surface area contributed by atoms with Gasteiger partial charge in [-0.2, -0.15) is 0 Å². The highest BCUT2D eigenvalue weighted by Crippen LogP contribution is 2.45. The first-order valence-corrected chi connectivity index (χ1v) is 11.6. The average molecular weight is 478 g/mol. The van der Waals surface area contributed by atoms with E-state index in [0.717, 1.165) is 30.0 Å². The molecule has 3 aliphatic rings. The first-order valence-electron chi connectivity index (χ1n) is 11.2. The summed E-state index contributed by atoms with van der Waals surface area (Å²) < 4.78 is 5.25. The Labute approximate surface area is 202 Å². The standard InChI is InChI=1S/C25H24ClN5O3/c1-15-21(34-14-28-15)23(33)30-12-25(13-30)10-29(11-25)17-7-18(9-27-8-17)31-22(32)19-5-4-16(26)6-20(19)24(31,2)3/h4-9,14H,10-13H2,1-3H3. The Morgan fingerprint density at radius 2 is 1.82 bits per heavy atom. The zero-order valence-electron chi connectivity index (χ0n) is 19.2. The van der Waals surface area contributed by atoms with Crippen molar-refractivity contribution in [2.45, 2.75) is 26.3 Å². The fourth-order valence-corrected chi connectivity index (χ4v) is 5.73. The molecular weight excluding hydrogens is 454 g/mol. The van der Waals surface area contributed by atoms with E-state index in [0.29, 0.717) is 35.1 Å². The molecule has 0 unspecified atom stereocenters. The highest BCUT2D eigenvalue weighted by molar-refractivity contribution is 6.31. The van der Waals surface area contributed by atoms with Crippen LogP contribution < -0.4 is 9.80 Å². The number of aromatic nitrogens is 2. The molecule has 9 heteroatoms. The van der Waals surface area contributed by atoms with Crippen LogP contribution in [-0.4, -0.2) is 52.9 Å². The molecular formula is C25H24ClN5O3. The van der Waals surface area contributed by atoms with Crippen LogP contribution in [0.3, 0.4) is 0 Å². The molecule has 3 aliphatic heterocycles. The van der Waals surface area contributed by atoms with E-state index in [4.69, 9.17) is 16.0 Å². The molecule has 1 aromatic carbocycles. The molecule has 0 saturated carbocycles. The maximum absolute atomic E-state index is 13.3. The molecule has 0 radical (unpaired) electrons. The summed E-state index contributed by atoms with van der Waals surface area (Å²) in [5, 5.41) is 0.616. The van der Waals surface area contributed by atoms with Crippen molar-refractivity contribution >= 4 is 34.8 Å². The molecule has 0 bridgehead atoms. The van der Waals surface area contributed by atoms with Crippen molar-refractivity contribution in [1.82, 2.24) is 14.9 Å². The highest BCUT2D eigenvalue weighted by atomic mass is 35.5. The number of hydrogen-bond acceptors (Lipinski definition) is 6. The maximum Gasteiger partial charge on any atom is 0.291 e. The molecule has 8 nitrogen and oxygen atoms in total. The van der Waals surface area contributed by atoms with Crippen LogP contribution in [0.15, 0.2) is 47.5 Å². The monoisotopic (exact) mass is 477 g/mol. The molecule has 34 heavy (non-hydrogen) atoms. The zero-order valence-corrected chi connectivity index (χ0v) is 20.0. The number of oxazole rings is 1. The first-order chi connectivity index (χ1) is 16.2. The van der Waals surface area contributed by atoms with Crippen LogP contribution in [0.2, 0.25) is 5.02 Å². The predicted octanol–water partition coefficient (Wildman–Crippen LogP) is 3.89. The number of amides is 2. The molecule has 0 N–H and O–H groups in total. The van der Waals surface area contributed by atoms with Gasteiger partial charge < -0.3 is 14.2 Å². The Kier molecular flexibility index (Phi) is 4.39. The first kappa shape index (κ1) is 21.2. The number of aryl methyl sites for hydroxylation is 1. The normalized spacial score (nSPS) is 19.8. The number of anilines is 2. The number of carbonyl (C=O) groups excluding carboxylic acids is 2. The summed E-state index contributed by atoms with van der Waals surface area (Å²) in [6.07, 6.45) is 4.87. The largest absolute Gasteiger partial charge is 0.438 e. The van der Waals surface area contributed by atoms with Crippen molar-refractivity contribution in [3.05, 3.63) is 70.7 Å².